The largest absolute Gasteiger partial charge is 0.497 e. The molecule has 2 N–H and O–H groups in total. The van der Waals surface area contributed by atoms with E-state index in [1.807, 2.05) is 61.6 Å². The summed E-state index contributed by atoms with van der Waals surface area (Å²) >= 11 is 0. The Labute approximate surface area is 197 Å². The average Bonchev–Trinajstić information content (AvgIpc) is 3.14. The van der Waals surface area contributed by atoms with E-state index in [0.717, 1.165) is 16.8 Å². The number of anilines is 1. The van der Waals surface area contributed by atoms with E-state index in [0.29, 0.717) is 5.75 Å². The van der Waals surface area contributed by atoms with E-state index in [4.69, 9.17) is 4.74 Å². The predicted molar refractivity (Wildman–Crippen MR) is 128 cm³/mol. The van der Waals surface area contributed by atoms with Crippen molar-refractivity contribution in [3.8, 4) is 5.75 Å². The van der Waals surface area contributed by atoms with Crippen molar-refractivity contribution in [1.82, 2.24) is 10.7 Å². The summed E-state index contributed by atoms with van der Waals surface area (Å²) in [4.78, 5) is 27.8. The first-order valence-electron chi connectivity index (χ1n) is 10.8. The lowest BCUT2D eigenvalue weighted by Crippen LogP contribution is -2.42. The first kappa shape index (κ1) is 23.0. The Morgan fingerprint density at radius 2 is 1.68 bits per heavy atom. The zero-order valence-electron chi connectivity index (χ0n) is 19.2. The normalized spacial score (nSPS) is 18.5. The lowest BCUT2D eigenvalue weighted by Gasteiger charge is -2.15. The van der Waals surface area contributed by atoms with Crippen molar-refractivity contribution in [3.63, 3.8) is 0 Å². The third kappa shape index (κ3) is 4.91. The number of methoxy groups -OCH3 is 1. The maximum atomic E-state index is 13.3. The number of benzene rings is 3. The standard InChI is InChI=1S/C26H25FN4O3/c1-30(2)21-12-4-17(5-13-21)16-31-24(18-8-14-22(34-3)15-9-18)23(26(33)29-31)28-25(32)19-6-10-20(27)11-7-19/h4-16,23-24H,1-3H3,(H-,28,29,32,33)/p+1/t23-,24+/m0/s1. The molecule has 0 bridgehead atoms. The zero-order chi connectivity index (χ0) is 24.2. The highest BCUT2D eigenvalue weighted by Gasteiger charge is 2.47. The fourth-order valence-electron chi connectivity index (χ4n) is 3.83. The third-order valence-electron chi connectivity index (χ3n) is 5.69. The molecule has 1 heterocycles. The topological polar surface area (TPSA) is 73.7 Å². The Hall–Kier alpha value is -4.20. The summed E-state index contributed by atoms with van der Waals surface area (Å²) in [5, 5.41) is 2.81. The first-order valence-corrected chi connectivity index (χ1v) is 10.8. The molecule has 0 unspecified atom stereocenters. The van der Waals surface area contributed by atoms with Crippen LogP contribution in [0.3, 0.4) is 0 Å². The lowest BCUT2D eigenvalue weighted by atomic mass is 9.99. The van der Waals surface area contributed by atoms with Gasteiger partial charge in [-0.15, -0.1) is 10.1 Å². The van der Waals surface area contributed by atoms with Crippen LogP contribution in [-0.4, -0.2) is 50.0 Å². The summed E-state index contributed by atoms with van der Waals surface area (Å²) in [7, 11) is 5.51. The van der Waals surface area contributed by atoms with Crippen LogP contribution in [0.25, 0.3) is 0 Å². The van der Waals surface area contributed by atoms with Gasteiger partial charge in [-0.25, -0.2) is 4.39 Å². The van der Waals surface area contributed by atoms with Crippen molar-refractivity contribution in [3.05, 3.63) is 95.3 Å². The molecule has 1 fully saturated rings. The molecule has 0 spiro atoms. The second-order valence-corrected chi connectivity index (χ2v) is 8.17. The number of rotatable bonds is 6. The number of amides is 2. The van der Waals surface area contributed by atoms with E-state index >= 15 is 0 Å². The highest BCUT2D eigenvalue weighted by Crippen LogP contribution is 2.27. The van der Waals surface area contributed by atoms with Crippen LogP contribution in [0.15, 0.2) is 72.8 Å². The molecule has 3 aromatic rings. The first-order chi connectivity index (χ1) is 16.4. The van der Waals surface area contributed by atoms with Crippen molar-refractivity contribution in [1.29, 1.82) is 0 Å². The molecule has 8 heteroatoms. The summed E-state index contributed by atoms with van der Waals surface area (Å²) in [6, 6.07) is 19.0. The number of nitrogens with one attached hydrogen (secondary N) is 2. The fourth-order valence-corrected chi connectivity index (χ4v) is 3.83. The van der Waals surface area contributed by atoms with Crippen molar-refractivity contribution >= 4 is 23.7 Å². The minimum atomic E-state index is -0.872. The van der Waals surface area contributed by atoms with Crippen LogP contribution in [0.5, 0.6) is 5.75 Å². The van der Waals surface area contributed by atoms with E-state index < -0.39 is 23.8 Å². The Morgan fingerprint density at radius 1 is 1.03 bits per heavy atom. The van der Waals surface area contributed by atoms with E-state index in [-0.39, 0.29) is 11.5 Å². The molecule has 2 amide bonds. The van der Waals surface area contributed by atoms with E-state index in [9.17, 15) is 14.0 Å². The van der Waals surface area contributed by atoms with Crippen molar-refractivity contribution in [2.75, 3.05) is 26.1 Å². The van der Waals surface area contributed by atoms with Gasteiger partial charge in [0.15, 0.2) is 6.04 Å². The number of halogens is 1. The third-order valence-corrected chi connectivity index (χ3v) is 5.69. The minimum Gasteiger partial charge on any atom is -0.497 e. The number of carbonyl (C=O) groups is 2. The number of ether oxygens (including phenoxy) is 1. The van der Waals surface area contributed by atoms with Gasteiger partial charge in [-0.1, -0.05) is 0 Å². The number of hydrogen-bond donors (Lipinski definition) is 2. The van der Waals surface area contributed by atoms with Gasteiger partial charge in [0.25, 0.3) is 5.91 Å². The number of hydrazine groups is 1. The Morgan fingerprint density at radius 3 is 2.26 bits per heavy atom. The van der Waals surface area contributed by atoms with Crippen molar-refractivity contribution < 1.29 is 23.4 Å². The van der Waals surface area contributed by atoms with Crippen molar-refractivity contribution in [2.45, 2.75) is 12.1 Å². The van der Waals surface area contributed by atoms with Crippen LogP contribution in [-0.2, 0) is 4.79 Å². The molecular formula is C26H26FN4O3+. The van der Waals surface area contributed by atoms with Gasteiger partial charge in [0.2, 0.25) is 12.3 Å². The summed E-state index contributed by atoms with van der Waals surface area (Å²) in [6.07, 6.45) is 1.83. The Bertz CT molecular complexity index is 1210. The van der Waals surface area contributed by atoms with Gasteiger partial charge in [0.1, 0.15) is 11.6 Å². The van der Waals surface area contributed by atoms with Gasteiger partial charge < -0.3 is 15.0 Å². The molecule has 0 aliphatic carbocycles. The molecule has 1 aliphatic rings. The van der Waals surface area contributed by atoms with Gasteiger partial charge in [0, 0.05) is 36.5 Å². The van der Waals surface area contributed by atoms with Crippen LogP contribution in [0.1, 0.15) is 27.5 Å². The Kier molecular flexibility index (Phi) is 6.58. The second-order valence-electron chi connectivity index (χ2n) is 8.17. The van der Waals surface area contributed by atoms with Crippen molar-refractivity contribution in [2.24, 2.45) is 0 Å². The SMILES string of the molecule is COc1ccc([C@@H]2[C@H](NC(=O)c3ccc(F)cc3)C(=O)N/[N+]2=C\c2ccc(N(C)C)cc2)cc1. The monoisotopic (exact) mass is 461 g/mol. The van der Waals surface area contributed by atoms with Crippen LogP contribution in [0, 0.1) is 5.82 Å². The van der Waals surface area contributed by atoms with Gasteiger partial charge >= 0.3 is 5.91 Å². The molecule has 7 nitrogen and oxygen atoms in total. The van der Waals surface area contributed by atoms with E-state index in [1.54, 1.807) is 23.9 Å². The number of hydrazone groups is 1. The van der Waals surface area contributed by atoms with Gasteiger partial charge in [-0.05, 0) is 72.8 Å². The average molecular weight is 462 g/mol. The highest BCUT2D eigenvalue weighted by atomic mass is 19.1. The van der Waals surface area contributed by atoms with Crippen LogP contribution in [0.2, 0.25) is 0 Å². The summed E-state index contributed by atoms with van der Waals surface area (Å²) < 4.78 is 20.2. The molecule has 2 atom stereocenters. The van der Waals surface area contributed by atoms with Crippen LogP contribution in [0.4, 0.5) is 10.1 Å². The number of nitrogens with zero attached hydrogens (tertiary/aromatic N) is 2. The fraction of sp³-hybridized carbons (Fsp3) is 0.192. The summed E-state index contributed by atoms with van der Waals surface area (Å²) in [6.45, 7) is 0. The van der Waals surface area contributed by atoms with E-state index in [2.05, 4.69) is 10.7 Å². The molecule has 4 rings (SSSR count). The number of hydrogen-bond acceptors (Lipinski definition) is 4. The highest BCUT2D eigenvalue weighted by molar-refractivity contribution is 5.98. The summed E-state index contributed by atoms with van der Waals surface area (Å²) in [5.74, 6) is -0.566. The Balaban J connectivity index is 1.68. The molecule has 0 radical (unpaired) electrons. The maximum absolute atomic E-state index is 13.3. The number of carbonyl (C=O) groups excluding carboxylic acids is 2. The van der Waals surface area contributed by atoms with Crippen LogP contribution < -0.4 is 20.4 Å². The molecule has 0 saturated carbocycles. The second kappa shape index (κ2) is 9.74. The quantitative estimate of drug-likeness (QED) is 0.554. The summed E-state index contributed by atoms with van der Waals surface area (Å²) in [5.41, 5.74) is 5.87. The molecular weight excluding hydrogens is 435 g/mol. The zero-order valence-corrected chi connectivity index (χ0v) is 19.2. The molecule has 3 aromatic carbocycles. The molecule has 1 saturated heterocycles. The predicted octanol–water partition coefficient (Wildman–Crippen LogP) is 2.92. The molecule has 1 aliphatic heterocycles. The van der Waals surface area contributed by atoms with Crippen LogP contribution >= 0.6 is 0 Å². The molecule has 0 aromatic heterocycles. The molecule has 34 heavy (non-hydrogen) atoms. The maximum Gasteiger partial charge on any atom is 0.304 e. The van der Waals surface area contributed by atoms with Gasteiger partial charge in [-0.3, -0.25) is 9.59 Å². The molecule has 174 valence electrons. The minimum absolute atomic E-state index is 0.268. The smallest absolute Gasteiger partial charge is 0.304 e. The lowest BCUT2D eigenvalue weighted by molar-refractivity contribution is -0.596. The van der Waals surface area contributed by atoms with Gasteiger partial charge in [0.05, 0.1) is 7.11 Å². The van der Waals surface area contributed by atoms with Gasteiger partial charge in [-0.2, -0.15) is 0 Å². The van der Waals surface area contributed by atoms with E-state index in [1.165, 1.54) is 24.3 Å².